The third-order valence-corrected chi connectivity index (χ3v) is 5.30. The SMILES string of the molecule is CC(=NNC(=O)Cc1ccc(C(=O)O)cc1)c1nn(C)c(-c2ccc(C(C)(C)C)cc2)c1O. The topological polar surface area (TPSA) is 117 Å². The van der Waals surface area contributed by atoms with Crippen molar-refractivity contribution in [2.24, 2.45) is 12.1 Å². The van der Waals surface area contributed by atoms with Gasteiger partial charge in [-0.05, 0) is 35.6 Å². The van der Waals surface area contributed by atoms with Gasteiger partial charge in [0.2, 0.25) is 5.91 Å². The van der Waals surface area contributed by atoms with Crippen LogP contribution in [0.25, 0.3) is 11.3 Å². The van der Waals surface area contributed by atoms with E-state index in [1.807, 2.05) is 24.3 Å². The first-order chi connectivity index (χ1) is 15.5. The highest BCUT2D eigenvalue weighted by molar-refractivity contribution is 6.01. The Kier molecular flexibility index (Phi) is 6.67. The van der Waals surface area contributed by atoms with Crippen LogP contribution in [0.1, 0.15) is 54.9 Å². The van der Waals surface area contributed by atoms with Crippen molar-refractivity contribution in [2.75, 3.05) is 0 Å². The van der Waals surface area contributed by atoms with Gasteiger partial charge in [0.1, 0.15) is 5.69 Å². The van der Waals surface area contributed by atoms with Crippen molar-refractivity contribution < 1.29 is 19.8 Å². The van der Waals surface area contributed by atoms with Crippen LogP contribution in [0.2, 0.25) is 0 Å². The number of carboxylic acids is 1. The van der Waals surface area contributed by atoms with Gasteiger partial charge in [-0.25, -0.2) is 10.2 Å². The highest BCUT2D eigenvalue weighted by atomic mass is 16.4. The van der Waals surface area contributed by atoms with Crippen molar-refractivity contribution in [3.63, 3.8) is 0 Å². The van der Waals surface area contributed by atoms with Crippen molar-refractivity contribution >= 4 is 17.6 Å². The Morgan fingerprint density at radius 2 is 1.67 bits per heavy atom. The van der Waals surface area contributed by atoms with Crippen LogP contribution < -0.4 is 5.43 Å². The lowest BCUT2D eigenvalue weighted by molar-refractivity contribution is -0.120. The van der Waals surface area contributed by atoms with Gasteiger partial charge < -0.3 is 10.2 Å². The number of nitrogens with zero attached hydrogens (tertiary/aromatic N) is 3. The van der Waals surface area contributed by atoms with E-state index in [2.05, 4.69) is 36.4 Å². The molecule has 0 aliphatic rings. The molecule has 8 nitrogen and oxygen atoms in total. The maximum Gasteiger partial charge on any atom is 0.335 e. The number of carboxylic acid groups (broad SMARTS) is 1. The maximum absolute atomic E-state index is 12.2. The number of nitrogens with one attached hydrogen (secondary N) is 1. The molecule has 1 heterocycles. The van der Waals surface area contributed by atoms with Crippen LogP contribution in [-0.2, 0) is 23.7 Å². The number of aromatic hydroxyl groups is 1. The van der Waals surface area contributed by atoms with Crippen LogP contribution >= 0.6 is 0 Å². The molecule has 0 saturated heterocycles. The van der Waals surface area contributed by atoms with Crippen molar-refractivity contribution in [1.29, 1.82) is 0 Å². The number of aromatic nitrogens is 2. The first-order valence-electron chi connectivity index (χ1n) is 10.5. The minimum Gasteiger partial charge on any atom is -0.504 e. The molecule has 0 radical (unpaired) electrons. The summed E-state index contributed by atoms with van der Waals surface area (Å²) in [4.78, 5) is 23.2. The predicted molar refractivity (Wildman–Crippen MR) is 126 cm³/mol. The molecule has 0 aliphatic carbocycles. The van der Waals surface area contributed by atoms with Crippen molar-refractivity contribution in [3.05, 3.63) is 70.9 Å². The zero-order valence-electron chi connectivity index (χ0n) is 19.4. The van der Waals surface area contributed by atoms with E-state index in [0.29, 0.717) is 17.0 Å². The van der Waals surface area contributed by atoms with Gasteiger partial charge in [-0.15, -0.1) is 0 Å². The summed E-state index contributed by atoms with van der Waals surface area (Å²) in [6, 6.07) is 14.0. The lowest BCUT2D eigenvalue weighted by Gasteiger charge is -2.19. The van der Waals surface area contributed by atoms with Crippen molar-refractivity contribution in [3.8, 4) is 17.0 Å². The Morgan fingerprint density at radius 1 is 1.06 bits per heavy atom. The van der Waals surface area contributed by atoms with E-state index in [1.54, 1.807) is 30.8 Å². The average Bonchev–Trinajstić information content (AvgIpc) is 3.06. The van der Waals surface area contributed by atoms with Crippen molar-refractivity contribution in [2.45, 2.75) is 39.5 Å². The Bertz CT molecular complexity index is 1200. The number of carbonyl (C=O) groups is 2. The average molecular weight is 449 g/mol. The fraction of sp³-hybridized carbons (Fsp3) is 0.280. The molecule has 3 N–H and O–H groups in total. The zero-order valence-corrected chi connectivity index (χ0v) is 19.4. The molecule has 172 valence electrons. The van der Waals surface area contributed by atoms with E-state index >= 15 is 0 Å². The van der Waals surface area contributed by atoms with Gasteiger partial charge in [0.15, 0.2) is 11.4 Å². The summed E-state index contributed by atoms with van der Waals surface area (Å²) >= 11 is 0. The molecule has 3 aromatic rings. The van der Waals surface area contributed by atoms with Crippen LogP contribution in [0.3, 0.4) is 0 Å². The Balaban J connectivity index is 1.74. The lowest BCUT2D eigenvalue weighted by atomic mass is 9.86. The Labute approximate surface area is 192 Å². The van der Waals surface area contributed by atoms with Gasteiger partial charge in [0, 0.05) is 12.6 Å². The Morgan fingerprint density at radius 3 is 2.21 bits per heavy atom. The first-order valence-corrected chi connectivity index (χ1v) is 10.5. The Hall–Kier alpha value is -3.94. The monoisotopic (exact) mass is 448 g/mol. The van der Waals surface area contributed by atoms with Crippen LogP contribution in [0.5, 0.6) is 5.75 Å². The summed E-state index contributed by atoms with van der Waals surface area (Å²) in [5.41, 5.74) is 6.50. The molecular formula is C25H28N4O4. The largest absolute Gasteiger partial charge is 0.504 e. The number of rotatable bonds is 6. The van der Waals surface area contributed by atoms with Crippen LogP contribution in [-0.4, -0.2) is 37.6 Å². The van der Waals surface area contributed by atoms with Crippen LogP contribution in [0.4, 0.5) is 0 Å². The third-order valence-electron chi connectivity index (χ3n) is 5.30. The number of hydrogen-bond donors (Lipinski definition) is 3. The molecule has 1 amide bonds. The van der Waals surface area contributed by atoms with E-state index in [4.69, 9.17) is 5.11 Å². The molecule has 0 bridgehead atoms. The van der Waals surface area contributed by atoms with Gasteiger partial charge in [-0.1, -0.05) is 57.2 Å². The molecule has 0 atom stereocenters. The molecule has 0 unspecified atom stereocenters. The molecule has 3 rings (SSSR count). The van der Waals surface area contributed by atoms with Gasteiger partial charge in [0.25, 0.3) is 0 Å². The van der Waals surface area contributed by atoms with E-state index in [9.17, 15) is 14.7 Å². The van der Waals surface area contributed by atoms with Gasteiger partial charge >= 0.3 is 5.97 Å². The molecule has 33 heavy (non-hydrogen) atoms. The number of benzene rings is 2. The molecule has 2 aromatic carbocycles. The highest BCUT2D eigenvalue weighted by Crippen LogP contribution is 2.33. The van der Waals surface area contributed by atoms with Gasteiger partial charge in [-0.2, -0.15) is 10.2 Å². The van der Waals surface area contributed by atoms with E-state index in [-0.39, 0.29) is 34.7 Å². The quantitative estimate of drug-likeness (QED) is 0.391. The summed E-state index contributed by atoms with van der Waals surface area (Å²) in [6.45, 7) is 8.07. The third kappa shape index (κ3) is 5.46. The smallest absolute Gasteiger partial charge is 0.335 e. The molecule has 1 aromatic heterocycles. The fourth-order valence-electron chi connectivity index (χ4n) is 3.40. The summed E-state index contributed by atoms with van der Waals surface area (Å²) in [5.74, 6) is -1.41. The van der Waals surface area contributed by atoms with Crippen molar-refractivity contribution in [1.82, 2.24) is 15.2 Å². The fourth-order valence-corrected chi connectivity index (χ4v) is 3.40. The van der Waals surface area contributed by atoms with Gasteiger partial charge in [0.05, 0.1) is 17.7 Å². The standard InChI is InChI=1S/C25H28N4O4/c1-15(26-27-20(30)14-16-6-8-18(9-7-16)24(32)33)21-23(31)22(29(5)28-21)17-10-12-19(13-11-17)25(2,3)4/h6-13,31H,14H2,1-5H3,(H,27,30)(H,32,33). The summed E-state index contributed by atoms with van der Waals surface area (Å²) in [7, 11) is 1.74. The molecule has 8 heteroatoms. The second kappa shape index (κ2) is 9.28. The van der Waals surface area contributed by atoms with E-state index < -0.39 is 5.97 Å². The maximum atomic E-state index is 12.2. The minimum absolute atomic E-state index is 0.0132. The normalized spacial score (nSPS) is 12.0. The van der Waals surface area contributed by atoms with E-state index in [1.165, 1.54) is 17.7 Å². The molecular weight excluding hydrogens is 420 g/mol. The van der Waals surface area contributed by atoms with Gasteiger partial charge in [-0.3, -0.25) is 9.48 Å². The lowest BCUT2D eigenvalue weighted by Crippen LogP contribution is -2.21. The number of amides is 1. The summed E-state index contributed by atoms with van der Waals surface area (Å²) in [6.07, 6.45) is 0.0380. The number of carbonyl (C=O) groups excluding carboxylic acids is 1. The number of hydrazone groups is 1. The number of aryl methyl sites for hydroxylation is 1. The number of aromatic carboxylic acids is 1. The number of hydrogen-bond acceptors (Lipinski definition) is 5. The molecule has 0 aliphatic heterocycles. The summed E-state index contributed by atoms with van der Waals surface area (Å²) < 4.78 is 1.58. The van der Waals surface area contributed by atoms with Crippen LogP contribution in [0, 0.1) is 0 Å². The minimum atomic E-state index is -1.02. The second-order valence-electron chi connectivity index (χ2n) is 8.91. The second-order valence-corrected chi connectivity index (χ2v) is 8.91. The predicted octanol–water partition coefficient (Wildman–Crippen LogP) is 3.87. The highest BCUT2D eigenvalue weighted by Gasteiger charge is 2.20. The van der Waals surface area contributed by atoms with E-state index in [0.717, 1.165) is 5.56 Å². The molecule has 0 spiro atoms. The van der Waals surface area contributed by atoms with Crippen LogP contribution in [0.15, 0.2) is 53.6 Å². The first kappa shape index (κ1) is 23.7. The molecule has 0 fully saturated rings. The zero-order chi connectivity index (χ0) is 24.3. The molecule has 0 saturated carbocycles. The summed E-state index contributed by atoms with van der Waals surface area (Å²) in [5, 5.41) is 28.2.